The first-order valence-corrected chi connectivity index (χ1v) is 8.02. The Labute approximate surface area is 140 Å². The first kappa shape index (κ1) is 14.6. The monoisotopic (exact) mass is 320 g/mol. The van der Waals surface area contributed by atoms with Gasteiger partial charge in [-0.2, -0.15) is 0 Å². The molecular formula is C19H18N3O2+. The molecule has 1 atom stereocenters. The van der Waals surface area contributed by atoms with Gasteiger partial charge in [0.2, 0.25) is 6.34 Å². The zero-order chi connectivity index (χ0) is 16.7. The van der Waals surface area contributed by atoms with Crippen LogP contribution in [0.4, 0.5) is 0 Å². The van der Waals surface area contributed by atoms with E-state index >= 15 is 0 Å². The normalized spacial score (nSPS) is 19.0. The van der Waals surface area contributed by atoms with Crippen molar-refractivity contribution in [1.29, 1.82) is 0 Å². The van der Waals surface area contributed by atoms with Gasteiger partial charge in [-0.05, 0) is 30.2 Å². The van der Waals surface area contributed by atoms with Gasteiger partial charge < -0.3 is 4.74 Å². The third-order valence-corrected chi connectivity index (χ3v) is 4.42. The van der Waals surface area contributed by atoms with E-state index in [0.717, 1.165) is 28.0 Å². The highest BCUT2D eigenvalue weighted by Gasteiger charge is 2.40. The summed E-state index contributed by atoms with van der Waals surface area (Å²) < 4.78 is 7.29. The highest BCUT2D eigenvalue weighted by atomic mass is 16.5. The Bertz CT molecular complexity index is 935. The van der Waals surface area contributed by atoms with Crippen molar-refractivity contribution in [1.82, 2.24) is 5.32 Å². The summed E-state index contributed by atoms with van der Waals surface area (Å²) >= 11 is 0. The molecule has 2 aliphatic rings. The number of benzene rings is 2. The fraction of sp³-hybridized carbons (Fsp3) is 0.211. The number of esters is 1. The smallest absolute Gasteiger partial charge is 0.354 e. The van der Waals surface area contributed by atoms with Crippen molar-refractivity contribution in [2.75, 3.05) is 6.61 Å². The Balaban J connectivity index is 1.92. The Morgan fingerprint density at radius 1 is 1.25 bits per heavy atom. The lowest BCUT2D eigenvalue weighted by Crippen LogP contribution is -2.46. The number of carbonyl (C=O) groups is 1. The number of aliphatic imine (C=N–C) groups is 1. The molecule has 2 aliphatic heterocycles. The van der Waals surface area contributed by atoms with Crippen molar-refractivity contribution in [3.63, 3.8) is 0 Å². The van der Waals surface area contributed by atoms with E-state index in [1.165, 1.54) is 0 Å². The number of ether oxygens (including phenoxy) is 1. The van der Waals surface area contributed by atoms with Crippen LogP contribution in [0.15, 0.2) is 58.7 Å². The molecule has 0 saturated carbocycles. The first-order chi connectivity index (χ1) is 11.7. The lowest BCUT2D eigenvalue weighted by Gasteiger charge is -2.30. The molecule has 24 heavy (non-hydrogen) atoms. The molecule has 0 bridgehead atoms. The fourth-order valence-electron chi connectivity index (χ4n) is 3.31. The van der Waals surface area contributed by atoms with E-state index < -0.39 is 0 Å². The van der Waals surface area contributed by atoms with Gasteiger partial charge in [0.1, 0.15) is 11.6 Å². The molecule has 0 aliphatic carbocycles. The summed E-state index contributed by atoms with van der Waals surface area (Å²) in [6.45, 7) is 4.06. The molecule has 2 aromatic rings. The maximum absolute atomic E-state index is 12.6. The van der Waals surface area contributed by atoms with Crippen LogP contribution in [-0.2, 0) is 9.53 Å². The molecule has 2 heterocycles. The lowest BCUT2D eigenvalue weighted by atomic mass is 9.91. The molecule has 0 spiro atoms. The Morgan fingerprint density at radius 2 is 2.04 bits per heavy atom. The second-order valence-corrected chi connectivity index (χ2v) is 5.83. The number of nitrogens with zero attached hydrogens (tertiary/aromatic N) is 2. The van der Waals surface area contributed by atoms with Crippen LogP contribution in [0.2, 0.25) is 0 Å². The minimum absolute atomic E-state index is 0.233. The van der Waals surface area contributed by atoms with Gasteiger partial charge in [-0.1, -0.05) is 47.5 Å². The predicted molar refractivity (Wildman–Crippen MR) is 92.9 cm³/mol. The first-order valence-electron chi connectivity index (χ1n) is 8.02. The predicted octanol–water partition coefficient (Wildman–Crippen LogP) is 2.73. The Morgan fingerprint density at radius 3 is 2.79 bits per heavy atom. The van der Waals surface area contributed by atoms with E-state index in [1.807, 2.05) is 36.6 Å². The second kappa shape index (κ2) is 5.60. The van der Waals surface area contributed by atoms with Gasteiger partial charge in [-0.25, -0.2) is 9.37 Å². The quantitative estimate of drug-likeness (QED) is 0.699. The van der Waals surface area contributed by atoms with E-state index in [1.54, 1.807) is 6.34 Å². The van der Waals surface area contributed by atoms with Crippen LogP contribution < -0.4 is 5.32 Å². The molecule has 0 fully saturated rings. The van der Waals surface area contributed by atoms with Gasteiger partial charge in [0.05, 0.1) is 12.3 Å². The minimum atomic E-state index is -0.292. The van der Waals surface area contributed by atoms with Gasteiger partial charge >= 0.3 is 11.9 Å². The molecule has 0 saturated heterocycles. The van der Waals surface area contributed by atoms with Crippen LogP contribution in [0.3, 0.4) is 0 Å². The van der Waals surface area contributed by atoms with Crippen molar-refractivity contribution in [2.45, 2.75) is 19.9 Å². The van der Waals surface area contributed by atoms with Crippen molar-refractivity contribution < 1.29 is 14.1 Å². The number of nitrogens with one attached hydrogen (secondary N) is 1. The average molecular weight is 320 g/mol. The summed E-state index contributed by atoms with van der Waals surface area (Å²) in [6.07, 6.45) is 1.75. The number of rotatable bonds is 3. The standard InChI is InChI=1S/C19H17N3O2/c1-3-24-18(23)16-12(2)21-19-20-11-22(19)17(16)15-10-6-8-13-7-4-5-9-14(13)15/h4-11,17H,3H2,1-2H3/p+1. The zero-order valence-electron chi connectivity index (χ0n) is 13.6. The van der Waals surface area contributed by atoms with Crippen molar-refractivity contribution in [2.24, 2.45) is 4.99 Å². The van der Waals surface area contributed by atoms with Crippen molar-refractivity contribution in [3.8, 4) is 0 Å². The summed E-state index contributed by atoms with van der Waals surface area (Å²) in [5.41, 5.74) is 2.48. The maximum Gasteiger partial charge on any atom is 0.354 e. The van der Waals surface area contributed by atoms with Gasteiger partial charge in [-0.3, -0.25) is 5.32 Å². The summed E-state index contributed by atoms with van der Waals surface area (Å²) in [4.78, 5) is 16.9. The summed E-state index contributed by atoms with van der Waals surface area (Å²) in [5.74, 6) is 0.471. The van der Waals surface area contributed by atoms with Crippen LogP contribution >= 0.6 is 0 Å². The lowest BCUT2D eigenvalue weighted by molar-refractivity contribution is -0.456. The molecular weight excluding hydrogens is 302 g/mol. The number of hydrogen-bond acceptors (Lipinski definition) is 4. The molecule has 2 aromatic carbocycles. The average Bonchev–Trinajstić information content (AvgIpc) is 2.57. The number of guanidine groups is 1. The topological polar surface area (TPSA) is 53.7 Å². The van der Waals surface area contributed by atoms with E-state index in [9.17, 15) is 4.79 Å². The second-order valence-electron chi connectivity index (χ2n) is 5.83. The third kappa shape index (κ3) is 2.12. The largest absolute Gasteiger partial charge is 0.462 e. The van der Waals surface area contributed by atoms with E-state index in [-0.39, 0.29) is 12.0 Å². The van der Waals surface area contributed by atoms with E-state index in [2.05, 4.69) is 34.6 Å². The molecule has 0 radical (unpaired) electrons. The highest BCUT2D eigenvalue weighted by molar-refractivity contribution is 5.99. The van der Waals surface area contributed by atoms with Crippen molar-refractivity contribution >= 4 is 29.0 Å². The van der Waals surface area contributed by atoms with Gasteiger partial charge in [0.15, 0.2) is 0 Å². The third-order valence-electron chi connectivity index (χ3n) is 4.42. The summed E-state index contributed by atoms with van der Waals surface area (Å²) in [5, 5.41) is 5.45. The van der Waals surface area contributed by atoms with Gasteiger partial charge in [0.25, 0.3) is 0 Å². The molecule has 1 N–H and O–H groups in total. The van der Waals surface area contributed by atoms with Crippen LogP contribution in [0.1, 0.15) is 25.5 Å². The molecule has 0 aromatic heterocycles. The molecule has 5 heteroatoms. The molecule has 0 amide bonds. The SMILES string of the molecule is CCOC(=O)C1=C(C)NC2=[N+](C=N2)C1c1cccc2ccccc12. The van der Waals surface area contributed by atoms with Crippen LogP contribution in [0, 0.1) is 0 Å². The Kier molecular flexibility index (Phi) is 3.41. The minimum Gasteiger partial charge on any atom is -0.462 e. The summed E-state index contributed by atoms with van der Waals surface area (Å²) in [7, 11) is 0. The van der Waals surface area contributed by atoms with Crippen molar-refractivity contribution in [3.05, 3.63) is 59.3 Å². The van der Waals surface area contributed by atoms with Crippen LogP contribution in [0.5, 0.6) is 0 Å². The fourth-order valence-corrected chi connectivity index (χ4v) is 3.31. The van der Waals surface area contributed by atoms with E-state index in [0.29, 0.717) is 12.2 Å². The van der Waals surface area contributed by atoms with Crippen LogP contribution in [0.25, 0.3) is 10.8 Å². The zero-order valence-corrected chi connectivity index (χ0v) is 13.6. The number of fused-ring (bicyclic) bond motifs is 1. The highest BCUT2D eigenvalue weighted by Crippen LogP contribution is 2.36. The number of hydrogen-bond donors (Lipinski definition) is 1. The number of allylic oxidation sites excluding steroid dienone is 1. The van der Waals surface area contributed by atoms with E-state index in [4.69, 9.17) is 4.74 Å². The molecule has 1 unspecified atom stereocenters. The number of carbonyl (C=O) groups excluding carboxylic acids is 1. The van der Waals surface area contributed by atoms with Crippen LogP contribution in [-0.4, -0.2) is 29.4 Å². The Hall–Kier alpha value is -2.95. The van der Waals surface area contributed by atoms with Gasteiger partial charge in [0, 0.05) is 0 Å². The summed E-state index contributed by atoms with van der Waals surface area (Å²) in [6, 6.07) is 14.1. The maximum atomic E-state index is 12.6. The molecule has 5 nitrogen and oxygen atoms in total. The van der Waals surface area contributed by atoms with Gasteiger partial charge in [-0.15, -0.1) is 0 Å². The molecule has 120 valence electrons. The molecule has 4 rings (SSSR count).